The van der Waals surface area contributed by atoms with Crippen LogP contribution < -0.4 is 15.0 Å². The highest BCUT2D eigenvalue weighted by molar-refractivity contribution is 5.79. The van der Waals surface area contributed by atoms with Crippen LogP contribution in [0.3, 0.4) is 0 Å². The molecule has 0 amide bonds. The molecule has 1 heterocycles. The molecular weight excluding hydrogens is 362 g/mol. The third-order valence-corrected chi connectivity index (χ3v) is 4.23. The number of pyridine rings is 1. The summed E-state index contributed by atoms with van der Waals surface area (Å²) in [7, 11) is 3.00. The molecule has 1 N–H and O–H groups in total. The lowest BCUT2D eigenvalue weighted by atomic mass is 9.98. The third-order valence-electron chi connectivity index (χ3n) is 4.23. The Kier molecular flexibility index (Phi) is 5.09. The molecule has 0 aliphatic rings. The van der Waals surface area contributed by atoms with Crippen molar-refractivity contribution in [2.45, 2.75) is 0 Å². The van der Waals surface area contributed by atoms with E-state index < -0.39 is 10.5 Å². The minimum Gasteiger partial charge on any atom is -0.497 e. The van der Waals surface area contributed by atoms with Gasteiger partial charge < -0.3 is 14.5 Å². The van der Waals surface area contributed by atoms with Crippen LogP contribution in [0.2, 0.25) is 0 Å². The van der Waals surface area contributed by atoms with Gasteiger partial charge in [0.1, 0.15) is 23.1 Å². The third kappa shape index (κ3) is 3.41. The van der Waals surface area contributed by atoms with E-state index in [1.165, 1.54) is 38.5 Å². The molecule has 140 valence electrons. The fourth-order valence-electron chi connectivity index (χ4n) is 2.82. The molecule has 0 radical (unpaired) electrons. The lowest BCUT2D eigenvalue weighted by Crippen LogP contribution is -2.13. The van der Waals surface area contributed by atoms with Crippen LogP contribution >= 0.6 is 0 Å². The molecule has 0 aliphatic heterocycles. The van der Waals surface area contributed by atoms with Crippen molar-refractivity contribution in [2.75, 3.05) is 14.2 Å². The molecule has 0 bridgehead atoms. The van der Waals surface area contributed by atoms with Crippen LogP contribution in [0.1, 0.15) is 5.56 Å². The molecule has 0 fully saturated rings. The van der Waals surface area contributed by atoms with Crippen molar-refractivity contribution in [2.24, 2.45) is 0 Å². The van der Waals surface area contributed by atoms with Crippen molar-refractivity contribution in [3.8, 4) is 40.0 Å². The Morgan fingerprint density at radius 3 is 2.32 bits per heavy atom. The Morgan fingerprint density at radius 2 is 1.75 bits per heavy atom. The van der Waals surface area contributed by atoms with E-state index in [1.807, 2.05) is 6.07 Å². The number of aromatic nitrogens is 1. The van der Waals surface area contributed by atoms with Crippen molar-refractivity contribution < 1.29 is 14.4 Å². The standard InChI is InChI=1S/C20H15N3O5/c1-27-14-7-8-15(19(9-14)28-2)16-10-18(22-20(24)17(16)11-21)12-3-5-13(6-4-12)23(25)26/h3-10H,1-2H3,(H,22,24). The van der Waals surface area contributed by atoms with Gasteiger partial charge in [0, 0.05) is 35.0 Å². The molecule has 0 atom stereocenters. The average molecular weight is 377 g/mol. The highest BCUT2D eigenvalue weighted by atomic mass is 16.6. The first-order chi connectivity index (χ1) is 13.5. The summed E-state index contributed by atoms with van der Waals surface area (Å²) in [5.41, 5.74) is 1.25. The van der Waals surface area contributed by atoms with Crippen molar-refractivity contribution in [1.82, 2.24) is 4.98 Å². The number of nitro benzene ring substituents is 1. The maximum atomic E-state index is 12.5. The molecule has 0 aliphatic carbocycles. The number of H-pyrrole nitrogens is 1. The van der Waals surface area contributed by atoms with E-state index in [-0.39, 0.29) is 11.3 Å². The number of ether oxygens (including phenoxy) is 2. The van der Waals surface area contributed by atoms with E-state index in [0.29, 0.717) is 33.9 Å². The molecule has 28 heavy (non-hydrogen) atoms. The Balaban J connectivity index is 2.21. The van der Waals surface area contributed by atoms with Crippen LogP contribution in [0, 0.1) is 21.4 Å². The maximum Gasteiger partial charge on any atom is 0.269 e. The number of non-ortho nitro benzene ring substituents is 1. The number of nitrogens with zero attached hydrogens (tertiary/aromatic N) is 2. The zero-order valence-electron chi connectivity index (χ0n) is 15.1. The maximum absolute atomic E-state index is 12.5. The van der Waals surface area contributed by atoms with Crippen molar-refractivity contribution in [3.63, 3.8) is 0 Å². The summed E-state index contributed by atoms with van der Waals surface area (Å²) >= 11 is 0. The fraction of sp³-hybridized carbons (Fsp3) is 0.100. The minimum atomic E-state index is -0.564. The van der Waals surface area contributed by atoms with E-state index in [2.05, 4.69) is 4.98 Å². The lowest BCUT2D eigenvalue weighted by molar-refractivity contribution is -0.384. The summed E-state index contributed by atoms with van der Waals surface area (Å²) in [5.74, 6) is 1.01. The molecule has 8 nitrogen and oxygen atoms in total. The van der Waals surface area contributed by atoms with Crippen LogP contribution in [0.5, 0.6) is 11.5 Å². The predicted molar refractivity (Wildman–Crippen MR) is 102 cm³/mol. The van der Waals surface area contributed by atoms with E-state index in [9.17, 15) is 20.2 Å². The Morgan fingerprint density at radius 1 is 1.04 bits per heavy atom. The average Bonchev–Trinajstić information content (AvgIpc) is 2.72. The van der Waals surface area contributed by atoms with Gasteiger partial charge in [0.25, 0.3) is 11.2 Å². The van der Waals surface area contributed by atoms with E-state index in [1.54, 1.807) is 24.3 Å². The van der Waals surface area contributed by atoms with Crippen molar-refractivity contribution in [1.29, 1.82) is 5.26 Å². The van der Waals surface area contributed by atoms with E-state index in [0.717, 1.165) is 0 Å². The molecule has 0 saturated carbocycles. The largest absolute Gasteiger partial charge is 0.497 e. The second kappa shape index (κ2) is 7.63. The van der Waals surface area contributed by atoms with Crippen LogP contribution in [0.4, 0.5) is 5.69 Å². The van der Waals surface area contributed by atoms with Crippen molar-refractivity contribution in [3.05, 3.63) is 74.6 Å². The monoisotopic (exact) mass is 377 g/mol. The van der Waals surface area contributed by atoms with Gasteiger partial charge in [0.05, 0.1) is 19.1 Å². The van der Waals surface area contributed by atoms with Gasteiger partial charge in [-0.05, 0) is 35.9 Å². The predicted octanol–water partition coefficient (Wildman–Crippen LogP) is 3.51. The van der Waals surface area contributed by atoms with Gasteiger partial charge in [-0.15, -0.1) is 0 Å². The summed E-state index contributed by atoms with van der Waals surface area (Å²) in [6, 6.07) is 14.4. The topological polar surface area (TPSA) is 118 Å². The zero-order chi connectivity index (χ0) is 20.3. The molecule has 3 rings (SSSR count). The first kappa shape index (κ1) is 18.7. The number of hydrogen-bond donors (Lipinski definition) is 1. The zero-order valence-corrected chi connectivity index (χ0v) is 15.1. The molecular formula is C20H15N3O5. The van der Waals surface area contributed by atoms with Crippen LogP contribution in [-0.2, 0) is 0 Å². The smallest absolute Gasteiger partial charge is 0.269 e. The van der Waals surface area contributed by atoms with Gasteiger partial charge in [0.2, 0.25) is 0 Å². The number of methoxy groups -OCH3 is 2. The second-order valence-corrected chi connectivity index (χ2v) is 5.78. The van der Waals surface area contributed by atoms with Crippen LogP contribution in [0.25, 0.3) is 22.4 Å². The summed E-state index contributed by atoms with van der Waals surface area (Å²) in [6.45, 7) is 0. The number of hydrogen-bond acceptors (Lipinski definition) is 6. The highest BCUT2D eigenvalue weighted by Crippen LogP contribution is 2.35. The van der Waals surface area contributed by atoms with Crippen molar-refractivity contribution >= 4 is 5.69 Å². The normalized spacial score (nSPS) is 10.2. The lowest BCUT2D eigenvalue weighted by Gasteiger charge is -2.13. The second-order valence-electron chi connectivity index (χ2n) is 5.78. The van der Waals surface area contributed by atoms with Gasteiger partial charge >= 0.3 is 0 Å². The number of benzene rings is 2. The van der Waals surface area contributed by atoms with Gasteiger partial charge in [-0.3, -0.25) is 14.9 Å². The molecule has 1 aromatic heterocycles. The first-order valence-corrected chi connectivity index (χ1v) is 8.13. The Bertz CT molecular complexity index is 1140. The number of nitriles is 1. The number of nitrogens with one attached hydrogen (secondary N) is 1. The summed E-state index contributed by atoms with van der Waals surface area (Å²) in [6.07, 6.45) is 0. The van der Waals surface area contributed by atoms with Gasteiger partial charge in [-0.1, -0.05) is 0 Å². The van der Waals surface area contributed by atoms with Gasteiger partial charge in [-0.25, -0.2) is 0 Å². The van der Waals surface area contributed by atoms with E-state index >= 15 is 0 Å². The minimum absolute atomic E-state index is 0.0585. The quantitative estimate of drug-likeness (QED) is 0.537. The summed E-state index contributed by atoms with van der Waals surface area (Å²) in [4.78, 5) is 25.5. The van der Waals surface area contributed by atoms with Gasteiger partial charge in [-0.2, -0.15) is 5.26 Å². The highest BCUT2D eigenvalue weighted by Gasteiger charge is 2.17. The molecule has 0 saturated heterocycles. The molecule has 8 heteroatoms. The Hall–Kier alpha value is -4.12. The molecule has 3 aromatic rings. The van der Waals surface area contributed by atoms with Gasteiger partial charge in [0.15, 0.2) is 0 Å². The first-order valence-electron chi connectivity index (χ1n) is 8.13. The summed E-state index contributed by atoms with van der Waals surface area (Å²) in [5, 5.41) is 20.3. The van der Waals surface area contributed by atoms with Crippen LogP contribution in [-0.4, -0.2) is 24.1 Å². The summed E-state index contributed by atoms with van der Waals surface area (Å²) < 4.78 is 10.6. The Labute approximate surface area is 159 Å². The van der Waals surface area contributed by atoms with Crippen LogP contribution in [0.15, 0.2) is 53.3 Å². The number of nitro groups is 1. The molecule has 2 aromatic carbocycles. The molecule has 0 unspecified atom stereocenters. The SMILES string of the molecule is COc1ccc(-c2cc(-c3ccc([N+](=O)[O-])cc3)[nH]c(=O)c2C#N)c(OC)c1. The molecule has 0 spiro atoms. The van der Waals surface area contributed by atoms with E-state index in [4.69, 9.17) is 9.47 Å². The fourth-order valence-corrected chi connectivity index (χ4v) is 2.82. The number of rotatable bonds is 5. The number of aromatic amines is 1.